The van der Waals surface area contributed by atoms with Crippen LogP contribution in [0, 0.1) is 11.7 Å². The second-order valence-electron chi connectivity index (χ2n) is 8.82. The molecular weight excluding hydrogens is 369 g/mol. The van der Waals surface area contributed by atoms with Crippen molar-refractivity contribution in [2.24, 2.45) is 11.7 Å². The van der Waals surface area contributed by atoms with Crippen LogP contribution in [0.5, 0.6) is 0 Å². The maximum Gasteiger partial charge on any atom is 0.325 e. The Morgan fingerprint density at radius 1 is 0.931 bits per heavy atom. The average Bonchev–Trinajstić information content (AvgIpc) is 2.65. The predicted octanol–water partition coefficient (Wildman–Crippen LogP) is 5.65. The van der Waals surface area contributed by atoms with Crippen LogP contribution in [-0.4, -0.2) is 15.5 Å². The van der Waals surface area contributed by atoms with Crippen LogP contribution in [0.2, 0.25) is 0 Å². The van der Waals surface area contributed by atoms with Gasteiger partial charge in [-0.2, -0.15) is 4.39 Å². The molecule has 5 nitrogen and oxygen atoms in total. The summed E-state index contributed by atoms with van der Waals surface area (Å²) in [6.45, 7) is 8.88. The summed E-state index contributed by atoms with van der Waals surface area (Å²) in [7, 11) is 0. The second kappa shape index (κ2) is 16.4. The highest BCUT2D eigenvalue weighted by atomic mass is 19.1. The largest absolute Gasteiger partial charge is 0.325 e. The number of nitrogens with two attached hydrogens (primary N) is 1. The number of aromatic amines is 2. The molecular formula is C23H44FN3O2. The smallest absolute Gasteiger partial charge is 0.325 e. The minimum Gasteiger partial charge on any atom is -0.325 e. The summed E-state index contributed by atoms with van der Waals surface area (Å²) in [5.41, 5.74) is 4.41. The van der Waals surface area contributed by atoms with Crippen LogP contribution < -0.4 is 17.0 Å². The SMILES string of the molecule is CCCCCCCCCCCCCCC(C)C(C)(C)N.O=c1[nH]cc(F)c(=O)[nH]1. The van der Waals surface area contributed by atoms with E-state index < -0.39 is 17.1 Å². The second-order valence-corrected chi connectivity index (χ2v) is 8.82. The van der Waals surface area contributed by atoms with Crippen LogP contribution in [0.4, 0.5) is 4.39 Å². The average molecular weight is 414 g/mol. The molecule has 0 amide bonds. The van der Waals surface area contributed by atoms with Crippen LogP contribution in [-0.2, 0) is 0 Å². The Hall–Kier alpha value is -1.43. The molecule has 29 heavy (non-hydrogen) atoms. The number of halogens is 1. The van der Waals surface area contributed by atoms with E-state index in [0.29, 0.717) is 12.1 Å². The van der Waals surface area contributed by atoms with Gasteiger partial charge in [-0.15, -0.1) is 0 Å². The molecule has 0 aliphatic rings. The molecule has 0 aromatic carbocycles. The van der Waals surface area contributed by atoms with Crippen LogP contribution in [0.1, 0.15) is 111 Å². The van der Waals surface area contributed by atoms with Crippen molar-refractivity contribution >= 4 is 0 Å². The third kappa shape index (κ3) is 16.1. The predicted molar refractivity (Wildman–Crippen MR) is 121 cm³/mol. The van der Waals surface area contributed by atoms with Gasteiger partial charge in [0.15, 0.2) is 0 Å². The zero-order valence-electron chi connectivity index (χ0n) is 19.1. The molecule has 0 radical (unpaired) electrons. The first kappa shape index (κ1) is 27.6. The summed E-state index contributed by atoms with van der Waals surface area (Å²) in [6, 6.07) is 0. The van der Waals surface area contributed by atoms with Crippen LogP contribution in [0.3, 0.4) is 0 Å². The highest BCUT2D eigenvalue weighted by molar-refractivity contribution is 4.83. The monoisotopic (exact) mass is 413 g/mol. The van der Waals surface area contributed by atoms with Gasteiger partial charge in [-0.3, -0.25) is 9.78 Å². The van der Waals surface area contributed by atoms with Crippen molar-refractivity contribution < 1.29 is 4.39 Å². The Morgan fingerprint density at radius 2 is 1.38 bits per heavy atom. The number of hydrogen-bond donors (Lipinski definition) is 3. The number of nitrogens with one attached hydrogen (secondary N) is 2. The van der Waals surface area contributed by atoms with Gasteiger partial charge in [0.05, 0.1) is 0 Å². The quantitative estimate of drug-likeness (QED) is 0.344. The molecule has 4 N–H and O–H groups in total. The zero-order valence-corrected chi connectivity index (χ0v) is 19.1. The van der Waals surface area contributed by atoms with Crippen molar-refractivity contribution in [2.75, 3.05) is 0 Å². The first-order valence-corrected chi connectivity index (χ1v) is 11.4. The van der Waals surface area contributed by atoms with E-state index in [1.54, 1.807) is 4.98 Å². The van der Waals surface area contributed by atoms with E-state index in [4.69, 9.17) is 5.73 Å². The van der Waals surface area contributed by atoms with Crippen molar-refractivity contribution in [2.45, 2.75) is 117 Å². The lowest BCUT2D eigenvalue weighted by Crippen LogP contribution is -2.39. The minimum absolute atomic E-state index is 0.00221. The fourth-order valence-corrected chi connectivity index (χ4v) is 3.06. The molecule has 0 fully saturated rings. The highest BCUT2D eigenvalue weighted by Crippen LogP contribution is 2.20. The molecule has 170 valence electrons. The normalized spacial score (nSPS) is 12.3. The summed E-state index contributed by atoms with van der Waals surface area (Å²) < 4.78 is 12.0. The fourth-order valence-electron chi connectivity index (χ4n) is 3.06. The fraction of sp³-hybridized carbons (Fsp3) is 0.826. The van der Waals surface area contributed by atoms with Crippen LogP contribution >= 0.6 is 0 Å². The van der Waals surface area contributed by atoms with Crippen molar-refractivity contribution in [1.82, 2.24) is 9.97 Å². The first-order valence-electron chi connectivity index (χ1n) is 11.4. The van der Waals surface area contributed by atoms with Crippen molar-refractivity contribution in [3.05, 3.63) is 32.9 Å². The van der Waals surface area contributed by atoms with Gasteiger partial charge in [-0.1, -0.05) is 90.9 Å². The third-order valence-electron chi connectivity index (χ3n) is 5.53. The summed E-state index contributed by atoms with van der Waals surface area (Å²) >= 11 is 0. The third-order valence-corrected chi connectivity index (χ3v) is 5.53. The Labute approximate surface area is 176 Å². The summed E-state index contributed by atoms with van der Waals surface area (Å²) in [5, 5.41) is 0. The molecule has 0 saturated heterocycles. The van der Waals surface area contributed by atoms with Crippen molar-refractivity contribution in [3.63, 3.8) is 0 Å². The molecule has 0 bridgehead atoms. The molecule has 6 heteroatoms. The summed E-state index contributed by atoms with van der Waals surface area (Å²) in [6.07, 6.45) is 19.2. The van der Waals surface area contributed by atoms with Gasteiger partial charge in [-0.25, -0.2) is 4.79 Å². The van der Waals surface area contributed by atoms with Crippen molar-refractivity contribution in [1.29, 1.82) is 0 Å². The number of aromatic nitrogens is 2. The van der Waals surface area contributed by atoms with Gasteiger partial charge >= 0.3 is 5.69 Å². The number of rotatable bonds is 14. The topological polar surface area (TPSA) is 91.7 Å². The Morgan fingerprint density at radius 3 is 1.76 bits per heavy atom. The summed E-state index contributed by atoms with van der Waals surface area (Å²) in [4.78, 5) is 24.0. The lowest BCUT2D eigenvalue weighted by Gasteiger charge is -2.27. The van der Waals surface area contributed by atoms with E-state index in [-0.39, 0.29) is 5.54 Å². The van der Waals surface area contributed by atoms with Gasteiger partial charge in [0.1, 0.15) is 0 Å². The molecule has 1 heterocycles. The molecule has 0 aliphatic carbocycles. The molecule has 1 atom stereocenters. The highest BCUT2D eigenvalue weighted by Gasteiger charge is 2.19. The molecule has 1 rings (SSSR count). The van der Waals surface area contributed by atoms with Gasteiger partial charge in [0, 0.05) is 11.7 Å². The van der Waals surface area contributed by atoms with Crippen molar-refractivity contribution in [3.8, 4) is 0 Å². The molecule has 0 aliphatic heterocycles. The van der Waals surface area contributed by atoms with Gasteiger partial charge in [0.2, 0.25) is 5.82 Å². The van der Waals surface area contributed by atoms with E-state index in [9.17, 15) is 14.0 Å². The molecule has 1 aromatic heterocycles. The van der Waals surface area contributed by atoms with Gasteiger partial charge in [0.25, 0.3) is 5.56 Å². The lowest BCUT2D eigenvalue weighted by molar-refractivity contribution is 0.316. The Kier molecular flexibility index (Phi) is 15.6. The summed E-state index contributed by atoms with van der Waals surface area (Å²) in [5.74, 6) is -0.347. The number of H-pyrrole nitrogens is 2. The van der Waals surface area contributed by atoms with E-state index >= 15 is 0 Å². The number of hydrogen-bond acceptors (Lipinski definition) is 3. The van der Waals surface area contributed by atoms with E-state index in [1.807, 2.05) is 4.98 Å². The Bertz CT molecular complexity index is 620. The van der Waals surface area contributed by atoms with Gasteiger partial charge in [-0.05, 0) is 26.2 Å². The van der Waals surface area contributed by atoms with E-state index in [2.05, 4.69) is 27.7 Å². The molecule has 1 aromatic rings. The van der Waals surface area contributed by atoms with E-state index in [0.717, 1.165) is 0 Å². The zero-order chi connectivity index (χ0) is 22.1. The molecule has 0 saturated carbocycles. The maximum absolute atomic E-state index is 12.0. The lowest BCUT2D eigenvalue weighted by atomic mass is 9.86. The minimum atomic E-state index is -1.00. The van der Waals surface area contributed by atoms with Gasteiger partial charge < -0.3 is 10.7 Å². The van der Waals surface area contributed by atoms with Crippen LogP contribution in [0.15, 0.2) is 15.8 Å². The molecule has 0 spiro atoms. The Balaban J connectivity index is 0.000000717. The standard InChI is InChI=1S/C19H41N.C4H3FN2O2/c1-5-6-7-8-9-10-11-12-13-14-15-16-17-18(2)19(3,4)20;5-2-1-6-4(9)7-3(2)8/h18H,5-17,20H2,1-4H3;1H,(H2,6,7,8,9). The van der Waals surface area contributed by atoms with E-state index in [1.165, 1.54) is 83.5 Å². The maximum atomic E-state index is 12.0. The molecule has 1 unspecified atom stereocenters. The first-order chi connectivity index (χ1) is 13.7. The van der Waals surface area contributed by atoms with Crippen LogP contribution in [0.25, 0.3) is 0 Å². The number of unbranched alkanes of at least 4 members (excludes halogenated alkanes) is 11.